The number of rotatable bonds is 7. The Morgan fingerprint density at radius 1 is 1.00 bits per heavy atom. The molecule has 30 heavy (non-hydrogen) atoms. The first kappa shape index (κ1) is 19.8. The third-order valence-corrected chi connectivity index (χ3v) is 5.83. The number of furan rings is 1. The van der Waals surface area contributed by atoms with E-state index in [2.05, 4.69) is 32.6 Å². The highest BCUT2D eigenvalue weighted by molar-refractivity contribution is 7.90. The third-order valence-electron chi connectivity index (χ3n) is 4.70. The van der Waals surface area contributed by atoms with Crippen LogP contribution in [0, 0.1) is 6.92 Å². The Bertz CT molecular complexity index is 1210. The van der Waals surface area contributed by atoms with Gasteiger partial charge in [0.15, 0.2) is 15.7 Å². The molecule has 0 aliphatic heterocycles. The fraction of sp³-hybridized carbons (Fsp3) is 0.190. The van der Waals surface area contributed by atoms with Crippen molar-refractivity contribution in [2.45, 2.75) is 24.9 Å². The maximum absolute atomic E-state index is 11.7. The number of aryl methyl sites for hydroxylation is 1. The van der Waals surface area contributed by atoms with Crippen LogP contribution >= 0.6 is 0 Å². The van der Waals surface area contributed by atoms with E-state index in [9.17, 15) is 8.42 Å². The van der Waals surface area contributed by atoms with Gasteiger partial charge in [-0.3, -0.25) is 0 Å². The standard InChI is InChI=1S/C21H21N5O3S/c1-16-5-7-17(8-6-16)25(14-19-4-3-13-29-19)15-21-22-23-24-26(21)18-9-11-20(12-10-18)30(2,27)28/h3-13H,14-15H2,1-2H3. The molecular weight excluding hydrogens is 402 g/mol. The minimum absolute atomic E-state index is 0.250. The number of tetrazole rings is 1. The first-order valence-corrected chi connectivity index (χ1v) is 11.2. The first-order valence-electron chi connectivity index (χ1n) is 9.32. The van der Waals surface area contributed by atoms with Crippen molar-refractivity contribution in [2.75, 3.05) is 11.2 Å². The number of nitrogens with zero attached hydrogens (tertiary/aromatic N) is 5. The van der Waals surface area contributed by atoms with Gasteiger partial charge in [0.05, 0.1) is 29.9 Å². The average molecular weight is 423 g/mol. The van der Waals surface area contributed by atoms with Gasteiger partial charge in [-0.05, 0) is 65.9 Å². The monoisotopic (exact) mass is 423 g/mol. The van der Waals surface area contributed by atoms with E-state index in [0.29, 0.717) is 24.6 Å². The minimum Gasteiger partial charge on any atom is -0.467 e. The highest BCUT2D eigenvalue weighted by atomic mass is 32.2. The number of aromatic nitrogens is 4. The van der Waals surface area contributed by atoms with Gasteiger partial charge in [-0.2, -0.15) is 4.68 Å². The summed E-state index contributed by atoms with van der Waals surface area (Å²) < 4.78 is 30.6. The van der Waals surface area contributed by atoms with Crippen molar-refractivity contribution in [2.24, 2.45) is 0 Å². The van der Waals surface area contributed by atoms with Crippen molar-refractivity contribution >= 4 is 15.5 Å². The molecule has 0 aliphatic rings. The lowest BCUT2D eigenvalue weighted by atomic mass is 10.2. The fourth-order valence-electron chi connectivity index (χ4n) is 3.09. The topological polar surface area (TPSA) is 94.1 Å². The molecule has 2 heterocycles. The number of sulfone groups is 1. The molecule has 0 unspecified atom stereocenters. The largest absolute Gasteiger partial charge is 0.467 e. The molecule has 0 aliphatic carbocycles. The molecule has 2 aromatic carbocycles. The smallest absolute Gasteiger partial charge is 0.175 e. The van der Waals surface area contributed by atoms with Gasteiger partial charge in [0.2, 0.25) is 0 Å². The average Bonchev–Trinajstić information content (AvgIpc) is 3.40. The van der Waals surface area contributed by atoms with Crippen LogP contribution in [-0.4, -0.2) is 34.9 Å². The molecule has 0 radical (unpaired) electrons. The lowest BCUT2D eigenvalue weighted by molar-refractivity contribution is 0.499. The van der Waals surface area contributed by atoms with Gasteiger partial charge in [0, 0.05) is 11.9 Å². The third kappa shape index (κ3) is 4.41. The molecule has 4 aromatic rings. The summed E-state index contributed by atoms with van der Waals surface area (Å²) in [6.07, 6.45) is 2.83. The van der Waals surface area contributed by atoms with Crippen LogP contribution in [0.25, 0.3) is 5.69 Å². The molecular formula is C21H21N5O3S. The summed E-state index contributed by atoms with van der Waals surface area (Å²) in [4.78, 5) is 2.37. The van der Waals surface area contributed by atoms with E-state index in [-0.39, 0.29) is 4.90 Å². The predicted molar refractivity (Wildman–Crippen MR) is 112 cm³/mol. The number of anilines is 1. The predicted octanol–water partition coefficient (Wildman–Crippen LogP) is 3.17. The zero-order valence-corrected chi connectivity index (χ0v) is 17.5. The summed E-state index contributed by atoms with van der Waals surface area (Å²) in [6.45, 7) is 3.03. The van der Waals surface area contributed by atoms with E-state index in [1.807, 2.05) is 31.2 Å². The number of hydrogen-bond acceptors (Lipinski definition) is 7. The molecule has 8 nitrogen and oxygen atoms in total. The zero-order chi connectivity index (χ0) is 21.1. The molecule has 0 amide bonds. The van der Waals surface area contributed by atoms with Crippen molar-refractivity contribution in [3.05, 3.63) is 84.1 Å². The second kappa shape index (κ2) is 8.11. The Balaban J connectivity index is 1.64. The quantitative estimate of drug-likeness (QED) is 0.451. The van der Waals surface area contributed by atoms with E-state index in [0.717, 1.165) is 11.4 Å². The van der Waals surface area contributed by atoms with Crippen LogP contribution in [-0.2, 0) is 22.9 Å². The van der Waals surface area contributed by atoms with Crippen LogP contribution in [0.15, 0.2) is 76.2 Å². The van der Waals surface area contributed by atoms with E-state index in [1.165, 1.54) is 11.8 Å². The second-order valence-corrected chi connectivity index (χ2v) is 9.06. The van der Waals surface area contributed by atoms with Crippen molar-refractivity contribution in [1.29, 1.82) is 0 Å². The van der Waals surface area contributed by atoms with Crippen molar-refractivity contribution in [1.82, 2.24) is 20.2 Å². The lowest BCUT2D eigenvalue weighted by Gasteiger charge is -2.23. The molecule has 0 saturated carbocycles. The van der Waals surface area contributed by atoms with E-state index in [1.54, 1.807) is 35.2 Å². The van der Waals surface area contributed by atoms with Gasteiger partial charge in [0.25, 0.3) is 0 Å². The Morgan fingerprint density at radius 3 is 2.37 bits per heavy atom. The van der Waals surface area contributed by atoms with Crippen molar-refractivity contribution in [3.8, 4) is 5.69 Å². The molecule has 0 spiro atoms. The number of benzene rings is 2. The zero-order valence-electron chi connectivity index (χ0n) is 16.6. The van der Waals surface area contributed by atoms with Crippen LogP contribution in [0.4, 0.5) is 5.69 Å². The van der Waals surface area contributed by atoms with Gasteiger partial charge in [-0.25, -0.2) is 8.42 Å². The van der Waals surface area contributed by atoms with Crippen molar-refractivity contribution < 1.29 is 12.8 Å². The molecule has 0 N–H and O–H groups in total. The van der Waals surface area contributed by atoms with Crippen LogP contribution in [0.5, 0.6) is 0 Å². The Hall–Kier alpha value is -3.46. The maximum Gasteiger partial charge on any atom is 0.175 e. The maximum atomic E-state index is 11.7. The summed E-state index contributed by atoms with van der Waals surface area (Å²) in [5.74, 6) is 1.45. The normalized spacial score (nSPS) is 11.5. The molecule has 9 heteroatoms. The fourth-order valence-corrected chi connectivity index (χ4v) is 3.73. The Labute approximate surface area is 174 Å². The molecule has 0 fully saturated rings. The summed E-state index contributed by atoms with van der Waals surface area (Å²) >= 11 is 0. The van der Waals surface area contributed by atoms with Crippen molar-refractivity contribution in [3.63, 3.8) is 0 Å². The van der Waals surface area contributed by atoms with Crippen LogP contribution in [0.1, 0.15) is 17.1 Å². The van der Waals surface area contributed by atoms with Crippen LogP contribution in [0.2, 0.25) is 0 Å². The van der Waals surface area contributed by atoms with E-state index >= 15 is 0 Å². The molecule has 4 rings (SSSR count). The summed E-state index contributed by atoms with van der Waals surface area (Å²) in [6, 6.07) is 18.5. The Kier molecular flexibility index (Phi) is 5.37. The molecule has 2 aromatic heterocycles. The summed E-state index contributed by atoms with van der Waals surface area (Å²) in [5.41, 5.74) is 2.87. The highest BCUT2D eigenvalue weighted by Crippen LogP contribution is 2.22. The first-order chi connectivity index (χ1) is 14.4. The van der Waals surface area contributed by atoms with E-state index in [4.69, 9.17) is 4.42 Å². The van der Waals surface area contributed by atoms with Gasteiger partial charge in [-0.1, -0.05) is 17.7 Å². The van der Waals surface area contributed by atoms with Crippen LogP contribution < -0.4 is 4.90 Å². The van der Waals surface area contributed by atoms with E-state index < -0.39 is 9.84 Å². The molecule has 0 atom stereocenters. The van der Waals surface area contributed by atoms with Crippen LogP contribution in [0.3, 0.4) is 0 Å². The molecule has 0 saturated heterocycles. The summed E-state index contributed by atoms with van der Waals surface area (Å²) in [5, 5.41) is 12.1. The summed E-state index contributed by atoms with van der Waals surface area (Å²) in [7, 11) is -3.27. The van der Waals surface area contributed by atoms with Gasteiger partial charge in [0.1, 0.15) is 5.76 Å². The van der Waals surface area contributed by atoms with Gasteiger partial charge in [-0.15, -0.1) is 5.10 Å². The lowest BCUT2D eigenvalue weighted by Crippen LogP contribution is -2.24. The highest BCUT2D eigenvalue weighted by Gasteiger charge is 2.16. The Morgan fingerprint density at radius 2 is 1.73 bits per heavy atom. The molecule has 0 bridgehead atoms. The SMILES string of the molecule is Cc1ccc(N(Cc2ccco2)Cc2nnnn2-c2ccc(S(C)(=O)=O)cc2)cc1. The molecule has 154 valence electrons. The second-order valence-electron chi connectivity index (χ2n) is 7.04. The van der Waals surface area contributed by atoms with Gasteiger partial charge < -0.3 is 9.32 Å². The number of hydrogen-bond donors (Lipinski definition) is 0. The van der Waals surface area contributed by atoms with Gasteiger partial charge >= 0.3 is 0 Å². The minimum atomic E-state index is -3.27.